The minimum atomic E-state index is 1.12. The summed E-state index contributed by atoms with van der Waals surface area (Å²) in [5.74, 6) is 0. The molecular formula is C22H24N3+. The van der Waals surface area contributed by atoms with Crippen LogP contribution in [0, 0.1) is 0 Å². The number of rotatable bonds is 3. The van der Waals surface area contributed by atoms with Gasteiger partial charge in [-0.2, -0.15) is 0 Å². The van der Waals surface area contributed by atoms with Gasteiger partial charge in [-0.1, -0.05) is 18.2 Å². The van der Waals surface area contributed by atoms with Gasteiger partial charge in [0.05, 0.1) is 0 Å². The van der Waals surface area contributed by atoms with Crippen LogP contribution in [0.3, 0.4) is 0 Å². The molecule has 3 heteroatoms. The first kappa shape index (κ1) is 16.9. The first-order valence-corrected chi connectivity index (χ1v) is 8.39. The smallest absolute Gasteiger partial charge is 0.199 e. The summed E-state index contributed by atoms with van der Waals surface area (Å²) < 4.78 is 2.11. The summed E-state index contributed by atoms with van der Waals surface area (Å²) in [6, 6.07) is 12.8. The third kappa shape index (κ3) is 3.77. The van der Waals surface area contributed by atoms with Crippen LogP contribution in [0.25, 0.3) is 5.57 Å². The van der Waals surface area contributed by atoms with E-state index in [1.54, 1.807) is 0 Å². The van der Waals surface area contributed by atoms with Crippen LogP contribution < -0.4 is 4.90 Å². The second-order valence-electron chi connectivity index (χ2n) is 6.50. The van der Waals surface area contributed by atoms with E-state index in [9.17, 15) is 0 Å². The molecule has 0 amide bonds. The van der Waals surface area contributed by atoms with Crippen molar-refractivity contribution in [3.63, 3.8) is 0 Å². The fraction of sp³-hybridized carbons (Fsp3) is 0.182. The molecule has 0 spiro atoms. The lowest BCUT2D eigenvalue weighted by molar-refractivity contribution is -0.462. The molecule has 126 valence electrons. The summed E-state index contributed by atoms with van der Waals surface area (Å²) in [7, 11) is 8.23. The number of hydrogen-bond donors (Lipinski definition) is 0. The lowest BCUT2D eigenvalue weighted by atomic mass is 9.91. The number of anilines is 1. The van der Waals surface area contributed by atoms with E-state index in [0.717, 1.165) is 5.56 Å². The largest absolute Gasteiger partial charge is 0.378 e. The van der Waals surface area contributed by atoms with Crippen LogP contribution >= 0.6 is 0 Å². The highest BCUT2D eigenvalue weighted by Crippen LogP contribution is 2.30. The van der Waals surface area contributed by atoms with Crippen molar-refractivity contribution in [3.8, 4) is 0 Å². The number of pyridine rings is 1. The fourth-order valence-electron chi connectivity index (χ4n) is 2.86. The maximum Gasteiger partial charge on any atom is 0.199 e. The van der Waals surface area contributed by atoms with Crippen molar-refractivity contribution in [3.05, 3.63) is 89.8 Å². The lowest BCUT2D eigenvalue weighted by Crippen LogP contribution is -2.10. The highest BCUT2D eigenvalue weighted by Gasteiger charge is 2.13. The van der Waals surface area contributed by atoms with Crippen LogP contribution in [0.2, 0.25) is 0 Å². The average Bonchev–Trinajstić information content (AvgIpc) is 2.64. The Morgan fingerprint density at radius 1 is 0.880 bits per heavy atom. The van der Waals surface area contributed by atoms with Gasteiger partial charge in [0, 0.05) is 49.9 Å². The molecule has 0 unspecified atom stereocenters. The van der Waals surface area contributed by atoms with Gasteiger partial charge >= 0.3 is 0 Å². The zero-order valence-corrected chi connectivity index (χ0v) is 15.3. The van der Waals surface area contributed by atoms with E-state index in [4.69, 9.17) is 0 Å². The summed E-state index contributed by atoms with van der Waals surface area (Å²) >= 11 is 0. The van der Waals surface area contributed by atoms with Gasteiger partial charge in [-0.15, -0.1) is 0 Å². The van der Waals surface area contributed by atoms with Gasteiger partial charge in [0.1, 0.15) is 14.1 Å². The van der Waals surface area contributed by atoms with E-state index < -0.39 is 0 Å². The summed E-state index contributed by atoms with van der Waals surface area (Å²) in [5, 5.41) is 0. The molecule has 0 aliphatic heterocycles. The molecule has 1 heterocycles. The second-order valence-corrected chi connectivity index (χ2v) is 6.50. The van der Waals surface area contributed by atoms with Crippen molar-refractivity contribution in [2.75, 3.05) is 33.1 Å². The average molecular weight is 330 g/mol. The van der Waals surface area contributed by atoms with Crippen LogP contribution in [-0.2, 0) is 0 Å². The Labute approximate surface area is 150 Å². The molecule has 1 aliphatic rings. The Morgan fingerprint density at radius 2 is 1.56 bits per heavy atom. The SMILES string of the molecule is CN(C)c1ccc(C(=C2C=CC(=[N+](C)C)C=C2)c2cccnc2)cc1. The Balaban J connectivity index is 2.12. The van der Waals surface area contributed by atoms with Gasteiger partial charge in [-0.25, -0.2) is 4.58 Å². The third-order valence-corrected chi connectivity index (χ3v) is 4.29. The maximum absolute atomic E-state index is 4.31. The molecule has 2 aromatic rings. The van der Waals surface area contributed by atoms with Crippen LogP contribution in [0.4, 0.5) is 5.69 Å². The van der Waals surface area contributed by atoms with Crippen molar-refractivity contribution in [2.45, 2.75) is 0 Å². The topological polar surface area (TPSA) is 19.1 Å². The first-order valence-electron chi connectivity index (χ1n) is 8.39. The van der Waals surface area contributed by atoms with Crippen LogP contribution in [0.5, 0.6) is 0 Å². The lowest BCUT2D eigenvalue weighted by Gasteiger charge is -2.16. The molecule has 0 radical (unpaired) electrons. The molecule has 0 N–H and O–H groups in total. The Kier molecular flexibility index (Phi) is 4.94. The molecule has 0 saturated carbocycles. The number of aromatic nitrogens is 1. The van der Waals surface area contributed by atoms with Gasteiger partial charge in [0.2, 0.25) is 0 Å². The monoisotopic (exact) mass is 330 g/mol. The molecule has 0 atom stereocenters. The van der Waals surface area contributed by atoms with Gasteiger partial charge < -0.3 is 4.90 Å². The van der Waals surface area contributed by atoms with E-state index in [-0.39, 0.29) is 0 Å². The van der Waals surface area contributed by atoms with Gasteiger partial charge in [-0.3, -0.25) is 4.98 Å². The summed E-state index contributed by atoms with van der Waals surface area (Å²) in [6.45, 7) is 0. The Bertz CT molecular complexity index is 845. The minimum Gasteiger partial charge on any atom is -0.378 e. The molecular weight excluding hydrogens is 306 g/mol. The standard InChI is InChI=1S/C22H24N3/c1-24(2)20-11-7-17(8-12-20)22(19-6-5-15-23-16-19)18-9-13-21(14-10-18)25(3)4/h5-16H,1-4H3/q+1. The Morgan fingerprint density at radius 3 is 2.08 bits per heavy atom. The Hall–Kier alpha value is -2.94. The molecule has 3 rings (SSSR count). The van der Waals surface area contributed by atoms with Crippen molar-refractivity contribution in [1.82, 2.24) is 4.98 Å². The summed E-state index contributed by atoms with van der Waals surface area (Å²) in [6.07, 6.45) is 12.4. The summed E-state index contributed by atoms with van der Waals surface area (Å²) in [5.41, 5.74) is 7.09. The predicted molar refractivity (Wildman–Crippen MR) is 106 cm³/mol. The second kappa shape index (κ2) is 7.31. The molecule has 1 aliphatic carbocycles. The zero-order valence-electron chi connectivity index (χ0n) is 15.3. The van der Waals surface area contributed by atoms with Crippen LogP contribution in [-0.4, -0.2) is 43.5 Å². The molecule has 0 saturated heterocycles. The minimum absolute atomic E-state index is 1.12. The van der Waals surface area contributed by atoms with Crippen molar-refractivity contribution < 1.29 is 4.58 Å². The maximum atomic E-state index is 4.31. The number of allylic oxidation sites excluding steroid dienone is 5. The van der Waals surface area contributed by atoms with E-state index in [2.05, 4.69) is 97.3 Å². The highest BCUT2D eigenvalue weighted by atomic mass is 15.1. The van der Waals surface area contributed by atoms with E-state index in [0.29, 0.717) is 0 Å². The van der Waals surface area contributed by atoms with E-state index in [1.165, 1.54) is 28.1 Å². The predicted octanol–water partition coefficient (Wildman–Crippen LogP) is 3.79. The van der Waals surface area contributed by atoms with Crippen molar-refractivity contribution in [2.24, 2.45) is 0 Å². The zero-order chi connectivity index (χ0) is 17.8. The van der Waals surface area contributed by atoms with Crippen molar-refractivity contribution >= 4 is 17.0 Å². The third-order valence-electron chi connectivity index (χ3n) is 4.29. The fourth-order valence-corrected chi connectivity index (χ4v) is 2.86. The molecule has 0 fully saturated rings. The van der Waals surface area contributed by atoms with Crippen LogP contribution in [0.15, 0.2) is 78.7 Å². The highest BCUT2D eigenvalue weighted by molar-refractivity contribution is 6.03. The molecule has 25 heavy (non-hydrogen) atoms. The van der Waals surface area contributed by atoms with Crippen LogP contribution in [0.1, 0.15) is 11.1 Å². The summed E-state index contributed by atoms with van der Waals surface area (Å²) in [4.78, 5) is 6.42. The first-order chi connectivity index (χ1) is 12.1. The molecule has 3 nitrogen and oxygen atoms in total. The van der Waals surface area contributed by atoms with E-state index in [1.807, 2.05) is 18.5 Å². The van der Waals surface area contributed by atoms with Gasteiger partial charge in [0.25, 0.3) is 0 Å². The quantitative estimate of drug-likeness (QED) is 0.798. The normalized spacial score (nSPS) is 13.1. The number of nitrogens with zero attached hydrogens (tertiary/aromatic N) is 3. The van der Waals surface area contributed by atoms with Gasteiger partial charge in [-0.05, 0) is 47.1 Å². The van der Waals surface area contributed by atoms with E-state index >= 15 is 0 Å². The molecule has 1 aromatic heterocycles. The molecule has 0 bridgehead atoms. The number of benzene rings is 1. The van der Waals surface area contributed by atoms with Crippen molar-refractivity contribution in [1.29, 1.82) is 0 Å². The molecule has 1 aromatic carbocycles. The number of hydrogen-bond acceptors (Lipinski definition) is 2. The van der Waals surface area contributed by atoms with Gasteiger partial charge in [0.15, 0.2) is 5.71 Å².